The minimum Gasteiger partial charge on any atom is -0.351 e. The van der Waals surface area contributed by atoms with Gasteiger partial charge >= 0.3 is 6.03 Å². The van der Waals surface area contributed by atoms with Crippen LogP contribution in [0.1, 0.15) is 5.56 Å². The standard InChI is InChI=1S/C19H13Cl2F2N3O/c20-12-4-1-5-13(21)11(12)10-26(19(24)27)17-9-3-8-16(25-17)18-14(22)6-2-7-15(18)23/h1-9H,10H2,(H2,24,27). The van der Waals surface area contributed by atoms with E-state index in [4.69, 9.17) is 28.9 Å². The van der Waals surface area contributed by atoms with E-state index in [1.807, 2.05) is 0 Å². The number of amides is 2. The molecule has 1 heterocycles. The van der Waals surface area contributed by atoms with Crippen molar-refractivity contribution in [3.8, 4) is 11.3 Å². The second-order valence-corrected chi connectivity index (χ2v) is 6.42. The highest BCUT2D eigenvalue weighted by molar-refractivity contribution is 6.36. The third kappa shape index (κ3) is 4.02. The van der Waals surface area contributed by atoms with Crippen LogP contribution in [0.2, 0.25) is 10.0 Å². The van der Waals surface area contributed by atoms with Gasteiger partial charge in [-0.2, -0.15) is 0 Å². The van der Waals surface area contributed by atoms with Gasteiger partial charge in [0.1, 0.15) is 17.5 Å². The number of nitrogens with two attached hydrogens (primary N) is 1. The fourth-order valence-corrected chi connectivity index (χ4v) is 3.09. The summed E-state index contributed by atoms with van der Waals surface area (Å²) in [7, 11) is 0. The first-order valence-corrected chi connectivity index (χ1v) is 8.55. The Balaban J connectivity index is 2.04. The van der Waals surface area contributed by atoms with Crippen molar-refractivity contribution in [3.05, 3.63) is 81.8 Å². The van der Waals surface area contributed by atoms with Crippen LogP contribution in [0.25, 0.3) is 11.3 Å². The van der Waals surface area contributed by atoms with Gasteiger partial charge in [-0.15, -0.1) is 0 Å². The Morgan fingerprint density at radius 3 is 2.11 bits per heavy atom. The summed E-state index contributed by atoms with van der Waals surface area (Å²) in [6.45, 7) is -0.0515. The predicted molar refractivity (Wildman–Crippen MR) is 102 cm³/mol. The number of aromatic nitrogens is 1. The van der Waals surface area contributed by atoms with Gasteiger partial charge in [0.15, 0.2) is 0 Å². The maximum atomic E-state index is 14.1. The Labute approximate surface area is 164 Å². The topological polar surface area (TPSA) is 59.2 Å². The highest BCUT2D eigenvalue weighted by Gasteiger charge is 2.20. The van der Waals surface area contributed by atoms with Gasteiger partial charge in [-0.05, 0) is 36.4 Å². The first-order valence-electron chi connectivity index (χ1n) is 7.79. The quantitative estimate of drug-likeness (QED) is 0.627. The normalized spacial score (nSPS) is 10.7. The van der Waals surface area contributed by atoms with E-state index in [0.717, 1.165) is 17.0 Å². The summed E-state index contributed by atoms with van der Waals surface area (Å²) >= 11 is 12.3. The first-order chi connectivity index (χ1) is 12.9. The average Bonchev–Trinajstić information content (AvgIpc) is 2.61. The molecule has 0 saturated heterocycles. The van der Waals surface area contributed by atoms with Crippen LogP contribution in [0, 0.1) is 11.6 Å². The molecular formula is C19H13Cl2F2N3O. The highest BCUT2D eigenvalue weighted by atomic mass is 35.5. The lowest BCUT2D eigenvalue weighted by Crippen LogP contribution is -2.36. The Kier molecular flexibility index (Phi) is 5.58. The number of hydrogen-bond acceptors (Lipinski definition) is 2. The van der Waals surface area contributed by atoms with E-state index in [2.05, 4.69) is 4.98 Å². The summed E-state index contributed by atoms with van der Waals surface area (Å²) in [5.74, 6) is -1.42. The van der Waals surface area contributed by atoms with Crippen molar-refractivity contribution in [1.29, 1.82) is 0 Å². The molecule has 8 heteroatoms. The zero-order valence-corrected chi connectivity index (χ0v) is 15.3. The van der Waals surface area contributed by atoms with Crippen LogP contribution in [0.4, 0.5) is 19.4 Å². The maximum absolute atomic E-state index is 14.1. The summed E-state index contributed by atoms with van der Waals surface area (Å²) in [5, 5.41) is 0.704. The van der Waals surface area contributed by atoms with Gasteiger partial charge in [0, 0.05) is 15.6 Å². The number of carbonyl (C=O) groups is 1. The predicted octanol–water partition coefficient (Wildman–Crippen LogP) is 5.42. The number of benzene rings is 2. The van der Waals surface area contributed by atoms with Crippen molar-refractivity contribution in [2.75, 3.05) is 4.90 Å². The van der Waals surface area contributed by atoms with Crippen molar-refractivity contribution in [2.45, 2.75) is 6.54 Å². The van der Waals surface area contributed by atoms with Crippen LogP contribution in [-0.2, 0) is 6.54 Å². The summed E-state index contributed by atoms with van der Waals surface area (Å²) in [6.07, 6.45) is 0. The fourth-order valence-electron chi connectivity index (χ4n) is 2.57. The van der Waals surface area contributed by atoms with Gasteiger partial charge in [-0.1, -0.05) is 41.4 Å². The minimum atomic E-state index is -0.815. The van der Waals surface area contributed by atoms with Crippen LogP contribution in [0.5, 0.6) is 0 Å². The van der Waals surface area contributed by atoms with Crippen molar-refractivity contribution in [1.82, 2.24) is 4.98 Å². The van der Waals surface area contributed by atoms with Crippen molar-refractivity contribution in [3.63, 3.8) is 0 Å². The molecule has 138 valence electrons. The second kappa shape index (κ2) is 7.90. The number of carbonyl (C=O) groups excluding carboxylic acids is 1. The Morgan fingerprint density at radius 2 is 1.52 bits per heavy atom. The third-order valence-corrected chi connectivity index (χ3v) is 4.58. The van der Waals surface area contributed by atoms with E-state index in [1.54, 1.807) is 18.2 Å². The minimum absolute atomic E-state index is 0.0274. The molecule has 0 spiro atoms. The lowest BCUT2D eigenvalue weighted by atomic mass is 10.1. The monoisotopic (exact) mass is 407 g/mol. The third-order valence-electron chi connectivity index (χ3n) is 3.87. The number of primary amides is 1. The zero-order chi connectivity index (χ0) is 19.6. The molecule has 3 rings (SSSR count). The number of nitrogens with zero attached hydrogens (tertiary/aromatic N) is 2. The lowest BCUT2D eigenvalue weighted by molar-refractivity contribution is 0.253. The smallest absolute Gasteiger partial charge is 0.320 e. The van der Waals surface area contributed by atoms with Crippen molar-refractivity contribution >= 4 is 35.1 Å². The molecule has 0 aliphatic rings. The molecule has 0 unspecified atom stereocenters. The molecule has 0 bridgehead atoms. The lowest BCUT2D eigenvalue weighted by Gasteiger charge is -2.21. The molecule has 0 saturated carbocycles. The highest BCUT2D eigenvalue weighted by Crippen LogP contribution is 2.29. The molecule has 0 aliphatic heterocycles. The fraction of sp³-hybridized carbons (Fsp3) is 0.0526. The summed E-state index contributed by atoms with van der Waals surface area (Å²) < 4.78 is 28.1. The molecule has 0 fully saturated rings. The molecule has 0 radical (unpaired) electrons. The Bertz CT molecular complexity index is 973. The number of hydrogen-bond donors (Lipinski definition) is 1. The Hall–Kier alpha value is -2.70. The molecule has 2 aromatic carbocycles. The van der Waals surface area contributed by atoms with E-state index in [-0.39, 0.29) is 23.6 Å². The van der Waals surface area contributed by atoms with Gasteiger partial charge in [-0.3, -0.25) is 4.90 Å². The maximum Gasteiger partial charge on any atom is 0.320 e. The SMILES string of the molecule is NC(=O)N(Cc1c(Cl)cccc1Cl)c1cccc(-c2c(F)cccc2F)n1. The molecule has 3 aromatic rings. The molecule has 27 heavy (non-hydrogen) atoms. The Morgan fingerprint density at radius 1 is 0.963 bits per heavy atom. The summed E-state index contributed by atoms with van der Waals surface area (Å²) in [4.78, 5) is 17.3. The van der Waals surface area contributed by atoms with Gasteiger partial charge in [0.25, 0.3) is 0 Å². The van der Waals surface area contributed by atoms with Crippen molar-refractivity contribution < 1.29 is 13.6 Å². The van der Waals surface area contributed by atoms with Crippen LogP contribution in [0.15, 0.2) is 54.6 Å². The molecule has 1 aromatic heterocycles. The number of halogens is 4. The second-order valence-electron chi connectivity index (χ2n) is 5.60. The van der Waals surface area contributed by atoms with Crippen LogP contribution in [-0.4, -0.2) is 11.0 Å². The van der Waals surface area contributed by atoms with E-state index in [1.165, 1.54) is 24.3 Å². The molecular weight excluding hydrogens is 395 g/mol. The summed E-state index contributed by atoms with van der Waals surface area (Å²) in [6, 6.07) is 12.1. The molecule has 4 nitrogen and oxygen atoms in total. The van der Waals surface area contributed by atoms with E-state index in [0.29, 0.717) is 15.6 Å². The van der Waals surface area contributed by atoms with Crippen LogP contribution < -0.4 is 10.6 Å². The van der Waals surface area contributed by atoms with Gasteiger partial charge in [0.05, 0.1) is 17.8 Å². The van der Waals surface area contributed by atoms with Crippen LogP contribution >= 0.6 is 23.2 Å². The number of anilines is 1. The van der Waals surface area contributed by atoms with Gasteiger partial charge in [0.2, 0.25) is 0 Å². The molecule has 0 aliphatic carbocycles. The first kappa shape index (κ1) is 19.1. The number of rotatable bonds is 4. The molecule has 0 atom stereocenters. The average molecular weight is 408 g/mol. The summed E-state index contributed by atoms with van der Waals surface area (Å²) in [5.41, 5.74) is 5.69. The van der Waals surface area contributed by atoms with Crippen LogP contribution in [0.3, 0.4) is 0 Å². The number of urea groups is 1. The van der Waals surface area contributed by atoms with E-state index < -0.39 is 17.7 Å². The van der Waals surface area contributed by atoms with Gasteiger partial charge in [-0.25, -0.2) is 18.6 Å². The van der Waals surface area contributed by atoms with E-state index in [9.17, 15) is 13.6 Å². The van der Waals surface area contributed by atoms with Gasteiger partial charge < -0.3 is 5.73 Å². The largest absolute Gasteiger partial charge is 0.351 e. The molecule has 2 N–H and O–H groups in total. The van der Waals surface area contributed by atoms with Crippen molar-refractivity contribution in [2.24, 2.45) is 5.73 Å². The zero-order valence-electron chi connectivity index (χ0n) is 13.8. The number of pyridine rings is 1. The van der Waals surface area contributed by atoms with E-state index >= 15 is 0 Å². The molecule has 2 amide bonds.